The Bertz CT molecular complexity index is 430. The molecular formula is C13H22N4OS. The highest BCUT2D eigenvalue weighted by Crippen LogP contribution is 2.20. The molecule has 1 aromatic rings. The minimum absolute atomic E-state index is 0.0438. The molecular weight excluding hydrogens is 260 g/mol. The van der Waals surface area contributed by atoms with Gasteiger partial charge in [-0.05, 0) is 6.92 Å². The van der Waals surface area contributed by atoms with Crippen LogP contribution in [-0.2, 0) is 11.3 Å². The van der Waals surface area contributed by atoms with Gasteiger partial charge in [-0.3, -0.25) is 4.99 Å². The molecule has 0 aromatic carbocycles. The second-order valence-corrected chi connectivity index (χ2v) is 5.02. The third kappa shape index (κ3) is 4.65. The van der Waals surface area contributed by atoms with E-state index in [0.717, 1.165) is 16.7 Å². The fourth-order valence-corrected chi connectivity index (χ4v) is 2.39. The van der Waals surface area contributed by atoms with Crippen molar-refractivity contribution in [3.63, 3.8) is 0 Å². The molecule has 1 atom stereocenters. The Morgan fingerprint density at radius 2 is 2.47 bits per heavy atom. The molecule has 106 valence electrons. The smallest absolute Gasteiger partial charge is 0.193 e. The normalized spacial score (nSPS) is 13.2. The number of thiazole rings is 1. The van der Waals surface area contributed by atoms with Gasteiger partial charge < -0.3 is 15.0 Å². The highest BCUT2D eigenvalue weighted by atomic mass is 32.1. The number of hydrogen-bond acceptors (Lipinski definition) is 4. The van der Waals surface area contributed by atoms with E-state index in [0.29, 0.717) is 13.1 Å². The van der Waals surface area contributed by atoms with Crippen LogP contribution in [-0.4, -0.2) is 43.6 Å². The zero-order valence-corrected chi connectivity index (χ0v) is 12.8. The van der Waals surface area contributed by atoms with Crippen molar-refractivity contribution in [2.45, 2.75) is 19.6 Å². The van der Waals surface area contributed by atoms with Crippen LogP contribution in [0.1, 0.15) is 23.7 Å². The molecule has 0 amide bonds. The average molecular weight is 282 g/mol. The van der Waals surface area contributed by atoms with Crippen molar-refractivity contribution in [1.82, 2.24) is 15.2 Å². The fourth-order valence-electron chi connectivity index (χ4n) is 1.55. The molecule has 0 aliphatic rings. The summed E-state index contributed by atoms with van der Waals surface area (Å²) in [4.78, 5) is 10.8. The second kappa shape index (κ2) is 7.91. The first-order valence-corrected chi connectivity index (χ1v) is 7.00. The van der Waals surface area contributed by atoms with Crippen LogP contribution in [0.3, 0.4) is 0 Å². The molecule has 1 unspecified atom stereocenters. The van der Waals surface area contributed by atoms with Gasteiger partial charge in [-0.25, -0.2) is 4.98 Å². The van der Waals surface area contributed by atoms with Crippen LogP contribution < -0.4 is 5.32 Å². The van der Waals surface area contributed by atoms with Crippen molar-refractivity contribution in [3.05, 3.63) is 28.7 Å². The van der Waals surface area contributed by atoms with Crippen molar-refractivity contribution in [2.75, 3.05) is 27.7 Å². The van der Waals surface area contributed by atoms with Gasteiger partial charge in [-0.15, -0.1) is 17.9 Å². The third-order valence-electron chi connectivity index (χ3n) is 2.65. The molecule has 1 heterocycles. The lowest BCUT2D eigenvalue weighted by molar-refractivity contribution is 0.119. The van der Waals surface area contributed by atoms with Gasteiger partial charge in [0.15, 0.2) is 5.96 Å². The first kappa shape index (κ1) is 15.7. The summed E-state index contributed by atoms with van der Waals surface area (Å²) in [6, 6.07) is 0. The lowest BCUT2D eigenvalue weighted by Crippen LogP contribution is -2.38. The zero-order valence-electron chi connectivity index (χ0n) is 12.0. The van der Waals surface area contributed by atoms with E-state index in [9.17, 15) is 0 Å². The Morgan fingerprint density at radius 1 is 1.74 bits per heavy atom. The SMILES string of the molecule is C=CCNC(=NC)N(C)Cc1csc(C(C)OC)n1. The van der Waals surface area contributed by atoms with Gasteiger partial charge in [0, 0.05) is 33.1 Å². The summed E-state index contributed by atoms with van der Waals surface area (Å²) in [5.74, 6) is 0.828. The predicted molar refractivity (Wildman–Crippen MR) is 80.6 cm³/mol. The van der Waals surface area contributed by atoms with Gasteiger partial charge in [-0.2, -0.15) is 0 Å². The van der Waals surface area contributed by atoms with Crippen LogP contribution in [0, 0.1) is 0 Å². The predicted octanol–water partition coefficient (Wildman–Crippen LogP) is 2.04. The maximum atomic E-state index is 5.26. The number of rotatable bonds is 6. The van der Waals surface area contributed by atoms with Gasteiger partial charge in [0.2, 0.25) is 0 Å². The average Bonchev–Trinajstić information content (AvgIpc) is 2.87. The van der Waals surface area contributed by atoms with Crippen LogP contribution in [0.4, 0.5) is 0 Å². The summed E-state index contributed by atoms with van der Waals surface area (Å²) < 4.78 is 5.26. The van der Waals surface area contributed by atoms with E-state index in [1.54, 1.807) is 31.6 Å². The summed E-state index contributed by atoms with van der Waals surface area (Å²) in [5.41, 5.74) is 1.02. The lowest BCUT2D eigenvalue weighted by Gasteiger charge is -2.20. The number of ether oxygens (including phenoxy) is 1. The molecule has 1 rings (SSSR count). The molecule has 19 heavy (non-hydrogen) atoms. The van der Waals surface area contributed by atoms with Gasteiger partial charge in [0.1, 0.15) is 11.1 Å². The largest absolute Gasteiger partial charge is 0.375 e. The van der Waals surface area contributed by atoms with Crippen LogP contribution in [0.5, 0.6) is 0 Å². The van der Waals surface area contributed by atoms with E-state index in [4.69, 9.17) is 4.74 Å². The molecule has 0 bridgehead atoms. The topological polar surface area (TPSA) is 49.8 Å². The standard InChI is InChI=1S/C13H22N4OS/c1-6-7-15-13(14-3)17(4)8-11-9-19-12(16-11)10(2)18-5/h6,9-10H,1,7-8H2,2-5H3,(H,14,15). The molecule has 1 aromatic heterocycles. The van der Waals surface area contributed by atoms with Crippen molar-refractivity contribution in [1.29, 1.82) is 0 Å². The number of methoxy groups -OCH3 is 1. The van der Waals surface area contributed by atoms with E-state index < -0.39 is 0 Å². The van der Waals surface area contributed by atoms with Crippen molar-refractivity contribution < 1.29 is 4.74 Å². The first-order chi connectivity index (χ1) is 9.12. The van der Waals surface area contributed by atoms with E-state index in [1.807, 2.05) is 18.9 Å². The molecule has 0 aliphatic carbocycles. The van der Waals surface area contributed by atoms with Crippen molar-refractivity contribution >= 4 is 17.3 Å². The lowest BCUT2D eigenvalue weighted by atomic mass is 10.4. The monoisotopic (exact) mass is 282 g/mol. The first-order valence-electron chi connectivity index (χ1n) is 6.12. The van der Waals surface area contributed by atoms with E-state index in [1.165, 1.54) is 0 Å². The molecule has 5 nitrogen and oxygen atoms in total. The van der Waals surface area contributed by atoms with E-state index >= 15 is 0 Å². The van der Waals surface area contributed by atoms with Gasteiger partial charge in [-0.1, -0.05) is 6.08 Å². The zero-order chi connectivity index (χ0) is 14.3. The molecule has 0 fully saturated rings. The molecule has 0 spiro atoms. The molecule has 0 saturated heterocycles. The minimum atomic E-state index is 0.0438. The molecule has 1 N–H and O–H groups in total. The number of aliphatic imine (C=N–C) groups is 1. The van der Waals surface area contributed by atoms with Crippen LogP contribution >= 0.6 is 11.3 Å². The Morgan fingerprint density at radius 3 is 3.05 bits per heavy atom. The number of nitrogens with one attached hydrogen (secondary N) is 1. The third-order valence-corrected chi connectivity index (χ3v) is 3.70. The number of hydrogen-bond donors (Lipinski definition) is 1. The van der Waals surface area contributed by atoms with E-state index in [2.05, 4.69) is 27.3 Å². The Labute approximate surface area is 119 Å². The summed E-state index contributed by atoms with van der Waals surface area (Å²) in [6.07, 6.45) is 1.85. The summed E-state index contributed by atoms with van der Waals surface area (Å²) in [7, 11) is 5.44. The van der Waals surface area contributed by atoms with Gasteiger partial charge >= 0.3 is 0 Å². The summed E-state index contributed by atoms with van der Waals surface area (Å²) in [5, 5.41) is 6.25. The Balaban J connectivity index is 2.62. The number of guanidine groups is 1. The number of nitrogens with zero attached hydrogens (tertiary/aromatic N) is 3. The van der Waals surface area contributed by atoms with Crippen molar-refractivity contribution in [3.8, 4) is 0 Å². The van der Waals surface area contributed by atoms with Crippen LogP contribution in [0.2, 0.25) is 0 Å². The quantitative estimate of drug-likeness (QED) is 0.493. The maximum absolute atomic E-state index is 5.26. The van der Waals surface area contributed by atoms with Crippen LogP contribution in [0.25, 0.3) is 0 Å². The number of aromatic nitrogens is 1. The van der Waals surface area contributed by atoms with Gasteiger partial charge in [0.25, 0.3) is 0 Å². The Hall–Kier alpha value is -1.40. The highest BCUT2D eigenvalue weighted by molar-refractivity contribution is 7.09. The summed E-state index contributed by atoms with van der Waals surface area (Å²) in [6.45, 7) is 7.09. The molecule has 6 heteroatoms. The molecule has 0 saturated carbocycles. The summed E-state index contributed by atoms with van der Waals surface area (Å²) >= 11 is 1.62. The Kier molecular flexibility index (Phi) is 6.52. The molecule has 0 radical (unpaired) electrons. The van der Waals surface area contributed by atoms with Crippen LogP contribution in [0.15, 0.2) is 23.0 Å². The highest BCUT2D eigenvalue weighted by Gasteiger charge is 2.12. The van der Waals surface area contributed by atoms with Crippen molar-refractivity contribution in [2.24, 2.45) is 4.99 Å². The minimum Gasteiger partial charge on any atom is -0.375 e. The molecule has 0 aliphatic heterocycles. The second-order valence-electron chi connectivity index (χ2n) is 4.13. The van der Waals surface area contributed by atoms with E-state index in [-0.39, 0.29) is 6.10 Å². The maximum Gasteiger partial charge on any atom is 0.193 e. The fraction of sp³-hybridized carbons (Fsp3) is 0.538. The van der Waals surface area contributed by atoms with Gasteiger partial charge in [0.05, 0.1) is 12.2 Å².